The normalized spacial score (nSPS) is 24.2. The Hall–Kier alpha value is -1.61. The first-order valence-corrected chi connectivity index (χ1v) is 7.52. The summed E-state index contributed by atoms with van der Waals surface area (Å²) in [4.78, 5) is 16.8. The van der Waals surface area contributed by atoms with Gasteiger partial charge in [0.05, 0.1) is 0 Å². The van der Waals surface area contributed by atoms with E-state index < -0.39 is 0 Å². The van der Waals surface area contributed by atoms with E-state index in [9.17, 15) is 4.79 Å². The fourth-order valence-corrected chi connectivity index (χ4v) is 2.91. The van der Waals surface area contributed by atoms with Crippen LogP contribution in [0.4, 0.5) is 0 Å². The second kappa shape index (κ2) is 5.80. The van der Waals surface area contributed by atoms with Gasteiger partial charge in [-0.25, -0.2) is 0 Å². The molecule has 0 aromatic heterocycles. The minimum absolute atomic E-state index is 0.136. The van der Waals surface area contributed by atoms with Crippen LogP contribution in [0.1, 0.15) is 25.3 Å². The molecule has 0 N–H and O–H groups in total. The average Bonchev–Trinajstić information content (AvgIpc) is 3.30. The summed E-state index contributed by atoms with van der Waals surface area (Å²) in [7, 11) is 0. The minimum atomic E-state index is 0.136. The van der Waals surface area contributed by atoms with Gasteiger partial charge in [-0.3, -0.25) is 9.69 Å². The molecule has 1 aliphatic carbocycles. The van der Waals surface area contributed by atoms with Crippen LogP contribution in [0.3, 0.4) is 0 Å². The van der Waals surface area contributed by atoms with Crippen LogP contribution in [-0.2, 0) is 4.79 Å². The molecule has 0 radical (unpaired) electrons. The molecule has 0 bridgehead atoms. The molecule has 3 heteroatoms. The molecule has 20 heavy (non-hydrogen) atoms. The number of piperazine rings is 1. The Balaban J connectivity index is 1.58. The van der Waals surface area contributed by atoms with Gasteiger partial charge in [-0.05, 0) is 31.4 Å². The van der Waals surface area contributed by atoms with E-state index in [2.05, 4.69) is 11.8 Å². The molecular weight excluding hydrogens is 248 g/mol. The zero-order chi connectivity index (χ0) is 13.9. The average molecular weight is 270 g/mol. The summed E-state index contributed by atoms with van der Waals surface area (Å²) in [5, 5.41) is 0. The third-order valence-electron chi connectivity index (χ3n) is 4.22. The maximum atomic E-state index is 12.3. The molecule has 106 valence electrons. The molecule has 1 aliphatic heterocycles. The Morgan fingerprint density at radius 3 is 2.60 bits per heavy atom. The van der Waals surface area contributed by atoms with Crippen LogP contribution in [-0.4, -0.2) is 47.4 Å². The van der Waals surface area contributed by atoms with Crippen LogP contribution in [0, 0.1) is 0 Å². The van der Waals surface area contributed by atoms with Gasteiger partial charge < -0.3 is 4.90 Å². The van der Waals surface area contributed by atoms with E-state index in [-0.39, 0.29) is 5.91 Å². The molecule has 1 aromatic carbocycles. The van der Waals surface area contributed by atoms with Crippen molar-refractivity contribution in [3.8, 4) is 0 Å². The minimum Gasteiger partial charge on any atom is -0.334 e. The van der Waals surface area contributed by atoms with Gasteiger partial charge in [0, 0.05) is 37.8 Å². The van der Waals surface area contributed by atoms with Crippen molar-refractivity contribution in [3.63, 3.8) is 0 Å². The molecule has 1 heterocycles. The van der Waals surface area contributed by atoms with Gasteiger partial charge in [0.2, 0.25) is 5.91 Å². The Morgan fingerprint density at radius 1 is 1.20 bits per heavy atom. The summed E-state index contributed by atoms with van der Waals surface area (Å²) in [5.41, 5.74) is 1.07. The third kappa shape index (κ3) is 3.10. The van der Waals surface area contributed by atoms with E-state index in [4.69, 9.17) is 0 Å². The maximum Gasteiger partial charge on any atom is 0.246 e. The molecule has 1 saturated heterocycles. The van der Waals surface area contributed by atoms with Crippen LogP contribution in [0.25, 0.3) is 6.08 Å². The van der Waals surface area contributed by atoms with Crippen molar-refractivity contribution in [1.82, 2.24) is 9.80 Å². The molecule has 0 spiro atoms. The summed E-state index contributed by atoms with van der Waals surface area (Å²) in [6.07, 6.45) is 6.30. The van der Waals surface area contributed by atoms with Crippen molar-refractivity contribution in [1.29, 1.82) is 0 Å². The molecule has 2 fully saturated rings. The van der Waals surface area contributed by atoms with Crippen molar-refractivity contribution in [3.05, 3.63) is 42.0 Å². The summed E-state index contributed by atoms with van der Waals surface area (Å²) in [5.74, 6) is 0.136. The van der Waals surface area contributed by atoms with E-state index in [0.717, 1.165) is 31.2 Å². The molecule has 3 rings (SSSR count). The van der Waals surface area contributed by atoms with E-state index >= 15 is 0 Å². The Morgan fingerprint density at radius 2 is 1.95 bits per heavy atom. The summed E-state index contributed by atoms with van der Waals surface area (Å²) in [6.45, 7) is 5.06. The molecule has 1 amide bonds. The highest BCUT2D eigenvalue weighted by Gasteiger charge is 2.34. The van der Waals surface area contributed by atoms with Gasteiger partial charge >= 0.3 is 0 Å². The van der Waals surface area contributed by atoms with E-state index in [1.807, 2.05) is 41.3 Å². The second-order valence-corrected chi connectivity index (χ2v) is 5.85. The number of nitrogens with zero attached hydrogens (tertiary/aromatic N) is 2. The van der Waals surface area contributed by atoms with Crippen molar-refractivity contribution >= 4 is 12.0 Å². The monoisotopic (exact) mass is 270 g/mol. The number of hydrogen-bond donors (Lipinski definition) is 0. The van der Waals surface area contributed by atoms with Gasteiger partial charge in [0.15, 0.2) is 0 Å². The first kappa shape index (κ1) is 13.4. The fraction of sp³-hybridized carbons (Fsp3) is 0.471. The lowest BCUT2D eigenvalue weighted by molar-refractivity contribution is -0.130. The van der Waals surface area contributed by atoms with Crippen LogP contribution in [0.15, 0.2) is 36.4 Å². The van der Waals surface area contributed by atoms with Gasteiger partial charge in [-0.15, -0.1) is 0 Å². The quantitative estimate of drug-likeness (QED) is 0.787. The van der Waals surface area contributed by atoms with E-state index in [0.29, 0.717) is 6.04 Å². The number of carbonyl (C=O) groups excluding carboxylic acids is 1. The number of rotatable bonds is 3. The summed E-state index contributed by atoms with van der Waals surface area (Å²) >= 11 is 0. The van der Waals surface area contributed by atoms with E-state index in [1.165, 1.54) is 12.8 Å². The number of hydrogen-bond acceptors (Lipinski definition) is 2. The van der Waals surface area contributed by atoms with Crippen LogP contribution >= 0.6 is 0 Å². The Bertz CT molecular complexity index is 493. The lowest BCUT2D eigenvalue weighted by Gasteiger charge is -2.39. The zero-order valence-corrected chi connectivity index (χ0v) is 12.0. The Labute approximate surface area is 120 Å². The third-order valence-corrected chi connectivity index (χ3v) is 4.22. The number of carbonyl (C=O) groups is 1. The molecule has 1 atom stereocenters. The molecule has 1 unspecified atom stereocenters. The SMILES string of the molecule is CC1CN(C2CC2)CCN1C(=O)C=Cc1ccccc1. The maximum absolute atomic E-state index is 12.3. The predicted octanol–water partition coefficient (Wildman–Crippen LogP) is 2.39. The second-order valence-electron chi connectivity index (χ2n) is 5.85. The van der Waals surface area contributed by atoms with Crippen LogP contribution < -0.4 is 0 Å². The van der Waals surface area contributed by atoms with Crippen molar-refractivity contribution in [2.24, 2.45) is 0 Å². The van der Waals surface area contributed by atoms with Crippen LogP contribution in [0.5, 0.6) is 0 Å². The standard InChI is InChI=1S/C17H22N2O/c1-14-13-18(16-8-9-16)11-12-19(14)17(20)10-7-15-5-3-2-4-6-15/h2-7,10,14,16H,8-9,11-13H2,1H3. The van der Waals surface area contributed by atoms with Gasteiger partial charge in [0.25, 0.3) is 0 Å². The molecule has 1 saturated carbocycles. The first-order chi connectivity index (χ1) is 9.74. The molecule has 3 nitrogen and oxygen atoms in total. The lowest BCUT2D eigenvalue weighted by atomic mass is 10.1. The Kier molecular flexibility index (Phi) is 3.88. The molecule has 2 aliphatic rings. The number of benzene rings is 1. The number of amides is 1. The van der Waals surface area contributed by atoms with Crippen molar-refractivity contribution in [2.75, 3.05) is 19.6 Å². The lowest BCUT2D eigenvalue weighted by Crippen LogP contribution is -2.54. The highest BCUT2D eigenvalue weighted by atomic mass is 16.2. The molecular formula is C17H22N2O. The van der Waals surface area contributed by atoms with Gasteiger partial charge in [-0.1, -0.05) is 30.3 Å². The van der Waals surface area contributed by atoms with Gasteiger partial charge in [-0.2, -0.15) is 0 Å². The topological polar surface area (TPSA) is 23.6 Å². The largest absolute Gasteiger partial charge is 0.334 e. The smallest absolute Gasteiger partial charge is 0.246 e. The predicted molar refractivity (Wildman–Crippen MR) is 81.2 cm³/mol. The fourth-order valence-electron chi connectivity index (χ4n) is 2.91. The van der Waals surface area contributed by atoms with Gasteiger partial charge in [0.1, 0.15) is 0 Å². The molecule has 1 aromatic rings. The van der Waals surface area contributed by atoms with Crippen molar-refractivity contribution < 1.29 is 4.79 Å². The summed E-state index contributed by atoms with van der Waals surface area (Å²) in [6, 6.07) is 11.1. The van der Waals surface area contributed by atoms with Crippen molar-refractivity contribution in [2.45, 2.75) is 31.8 Å². The zero-order valence-electron chi connectivity index (χ0n) is 12.0. The van der Waals surface area contributed by atoms with E-state index in [1.54, 1.807) is 6.08 Å². The highest BCUT2D eigenvalue weighted by Crippen LogP contribution is 2.28. The summed E-state index contributed by atoms with van der Waals surface area (Å²) < 4.78 is 0. The highest BCUT2D eigenvalue weighted by molar-refractivity contribution is 5.92. The first-order valence-electron chi connectivity index (χ1n) is 7.52. The van der Waals surface area contributed by atoms with Crippen LogP contribution in [0.2, 0.25) is 0 Å².